The number of amides is 1. The molecule has 0 saturated heterocycles. The molecule has 5 heteroatoms. The number of carboxylic acid groups (broad SMARTS) is 1. The number of ether oxygens (including phenoxy) is 1. The largest absolute Gasteiger partial charge is 0.480 e. The first-order valence-electron chi connectivity index (χ1n) is 6.38. The maximum absolute atomic E-state index is 11.6. The van der Waals surface area contributed by atoms with E-state index in [9.17, 15) is 9.59 Å². The van der Waals surface area contributed by atoms with Gasteiger partial charge in [-0.2, -0.15) is 0 Å². The molecule has 0 radical (unpaired) electrons. The smallest absolute Gasteiger partial charge is 0.326 e. The first-order chi connectivity index (χ1) is 8.63. The fourth-order valence-electron chi connectivity index (χ4n) is 2.03. The summed E-state index contributed by atoms with van der Waals surface area (Å²) in [5.41, 5.74) is 0. The van der Waals surface area contributed by atoms with E-state index >= 15 is 0 Å². The van der Waals surface area contributed by atoms with Crippen LogP contribution in [-0.4, -0.2) is 35.7 Å². The van der Waals surface area contributed by atoms with Crippen LogP contribution in [0.1, 0.15) is 38.5 Å². The lowest BCUT2D eigenvalue weighted by Crippen LogP contribution is -2.42. The van der Waals surface area contributed by atoms with Crippen LogP contribution < -0.4 is 5.32 Å². The summed E-state index contributed by atoms with van der Waals surface area (Å²) < 4.78 is 5.42. The van der Waals surface area contributed by atoms with E-state index in [-0.39, 0.29) is 18.6 Å². The van der Waals surface area contributed by atoms with Crippen molar-refractivity contribution in [2.45, 2.75) is 50.7 Å². The van der Waals surface area contributed by atoms with Gasteiger partial charge >= 0.3 is 5.97 Å². The molecular formula is C13H21NO4. The normalized spacial score (nSPS) is 17.3. The van der Waals surface area contributed by atoms with Crippen molar-refractivity contribution in [3.63, 3.8) is 0 Å². The molecule has 1 aliphatic carbocycles. The Morgan fingerprint density at radius 3 is 2.67 bits per heavy atom. The highest BCUT2D eigenvalue weighted by Gasteiger charge is 2.21. The number of aliphatic carboxylic acids is 1. The first-order valence-corrected chi connectivity index (χ1v) is 6.38. The molecule has 102 valence electrons. The maximum atomic E-state index is 11.6. The van der Waals surface area contributed by atoms with Crippen molar-refractivity contribution in [1.82, 2.24) is 5.32 Å². The lowest BCUT2D eigenvalue weighted by atomic mass is 10.1. The van der Waals surface area contributed by atoms with Crippen molar-refractivity contribution in [2.75, 3.05) is 6.61 Å². The van der Waals surface area contributed by atoms with E-state index in [1.54, 1.807) is 6.08 Å². The number of hydrogen-bond donors (Lipinski definition) is 2. The number of nitrogens with one attached hydrogen (secondary N) is 1. The third-order valence-corrected chi connectivity index (χ3v) is 3.05. The van der Waals surface area contributed by atoms with Gasteiger partial charge in [0.15, 0.2) is 0 Å². The number of carbonyl (C=O) groups excluding carboxylic acids is 1. The molecule has 5 nitrogen and oxygen atoms in total. The van der Waals surface area contributed by atoms with Gasteiger partial charge in [0, 0.05) is 0 Å². The van der Waals surface area contributed by atoms with Crippen LogP contribution in [0, 0.1) is 0 Å². The Morgan fingerprint density at radius 2 is 2.11 bits per heavy atom. The molecule has 18 heavy (non-hydrogen) atoms. The minimum Gasteiger partial charge on any atom is -0.480 e. The second-order valence-electron chi connectivity index (χ2n) is 4.54. The highest BCUT2D eigenvalue weighted by molar-refractivity contribution is 5.84. The summed E-state index contributed by atoms with van der Waals surface area (Å²) in [6.45, 7) is 3.48. The molecular weight excluding hydrogens is 234 g/mol. The van der Waals surface area contributed by atoms with Gasteiger partial charge in [-0.25, -0.2) is 4.79 Å². The van der Waals surface area contributed by atoms with Crippen molar-refractivity contribution in [1.29, 1.82) is 0 Å². The number of carbonyl (C=O) groups is 2. The maximum Gasteiger partial charge on any atom is 0.326 e. The molecule has 1 rings (SSSR count). The van der Waals surface area contributed by atoms with E-state index in [2.05, 4.69) is 11.9 Å². The zero-order chi connectivity index (χ0) is 13.4. The Kier molecular flexibility index (Phi) is 6.43. The molecule has 0 aromatic rings. The monoisotopic (exact) mass is 255 g/mol. The van der Waals surface area contributed by atoms with Crippen LogP contribution in [0.5, 0.6) is 0 Å². The summed E-state index contributed by atoms with van der Waals surface area (Å²) in [4.78, 5) is 22.5. The Balaban J connectivity index is 2.26. The predicted octanol–water partition coefficient (Wildman–Crippen LogP) is 1.48. The molecule has 1 saturated carbocycles. The molecule has 1 aliphatic rings. The molecule has 1 amide bonds. The van der Waals surface area contributed by atoms with Gasteiger partial charge in [0.1, 0.15) is 12.6 Å². The highest BCUT2D eigenvalue weighted by Crippen LogP contribution is 2.20. The van der Waals surface area contributed by atoms with Crippen molar-refractivity contribution in [3.8, 4) is 0 Å². The quantitative estimate of drug-likeness (QED) is 0.644. The van der Waals surface area contributed by atoms with Crippen LogP contribution in [-0.2, 0) is 14.3 Å². The van der Waals surface area contributed by atoms with Crippen LogP contribution in [0.15, 0.2) is 12.7 Å². The summed E-state index contributed by atoms with van der Waals surface area (Å²) >= 11 is 0. The van der Waals surface area contributed by atoms with Crippen LogP contribution >= 0.6 is 0 Å². The molecule has 0 aliphatic heterocycles. The number of carboxylic acids is 1. The molecule has 1 atom stereocenters. The van der Waals surface area contributed by atoms with Gasteiger partial charge in [-0.1, -0.05) is 18.9 Å². The topological polar surface area (TPSA) is 75.6 Å². The average Bonchev–Trinajstić information content (AvgIpc) is 2.84. The van der Waals surface area contributed by atoms with Crippen LogP contribution in [0.25, 0.3) is 0 Å². The van der Waals surface area contributed by atoms with Gasteiger partial charge in [0.05, 0.1) is 6.10 Å². The average molecular weight is 255 g/mol. The summed E-state index contributed by atoms with van der Waals surface area (Å²) in [5.74, 6) is -1.38. The van der Waals surface area contributed by atoms with Gasteiger partial charge in [0.25, 0.3) is 0 Å². The van der Waals surface area contributed by atoms with Crippen molar-refractivity contribution < 1.29 is 19.4 Å². The Morgan fingerprint density at radius 1 is 1.44 bits per heavy atom. The minimum atomic E-state index is -1.02. The zero-order valence-electron chi connectivity index (χ0n) is 10.6. The molecule has 0 aromatic carbocycles. The Hall–Kier alpha value is -1.36. The SMILES string of the molecule is C=CCCC(NC(=O)COC1CCCC1)C(=O)O. The second-order valence-corrected chi connectivity index (χ2v) is 4.54. The molecule has 0 bridgehead atoms. The van der Waals surface area contributed by atoms with Gasteiger partial charge < -0.3 is 15.2 Å². The Labute approximate surface area is 107 Å². The van der Waals surface area contributed by atoms with Crippen molar-refractivity contribution in [3.05, 3.63) is 12.7 Å². The molecule has 1 unspecified atom stereocenters. The van der Waals surface area contributed by atoms with Crippen LogP contribution in [0.2, 0.25) is 0 Å². The van der Waals surface area contributed by atoms with Gasteiger partial charge in [-0.15, -0.1) is 6.58 Å². The molecule has 0 spiro atoms. The van der Waals surface area contributed by atoms with Crippen molar-refractivity contribution >= 4 is 11.9 Å². The molecule has 2 N–H and O–H groups in total. The lowest BCUT2D eigenvalue weighted by molar-refractivity contribution is -0.143. The lowest BCUT2D eigenvalue weighted by Gasteiger charge is -2.15. The zero-order valence-corrected chi connectivity index (χ0v) is 10.6. The number of allylic oxidation sites excluding steroid dienone is 1. The third kappa shape index (κ3) is 5.31. The molecule has 0 aromatic heterocycles. The van der Waals surface area contributed by atoms with E-state index in [4.69, 9.17) is 9.84 Å². The van der Waals surface area contributed by atoms with E-state index in [1.165, 1.54) is 0 Å². The summed E-state index contributed by atoms with van der Waals surface area (Å²) in [6.07, 6.45) is 6.98. The van der Waals surface area contributed by atoms with Crippen molar-refractivity contribution in [2.24, 2.45) is 0 Å². The summed E-state index contributed by atoms with van der Waals surface area (Å²) in [6, 6.07) is -0.859. The molecule has 1 fully saturated rings. The van der Waals surface area contributed by atoms with E-state index in [0.29, 0.717) is 12.8 Å². The van der Waals surface area contributed by atoms with Gasteiger partial charge in [0.2, 0.25) is 5.91 Å². The fourth-order valence-corrected chi connectivity index (χ4v) is 2.03. The van der Waals surface area contributed by atoms with E-state index in [0.717, 1.165) is 25.7 Å². The minimum absolute atomic E-state index is 0.0530. The first kappa shape index (κ1) is 14.7. The van der Waals surface area contributed by atoms with Gasteiger partial charge in [-0.05, 0) is 25.7 Å². The Bertz CT molecular complexity index is 297. The van der Waals surface area contributed by atoms with Crippen LogP contribution in [0.4, 0.5) is 0 Å². The number of rotatable bonds is 8. The summed E-state index contributed by atoms with van der Waals surface area (Å²) in [7, 11) is 0. The van der Waals surface area contributed by atoms with E-state index in [1.807, 2.05) is 0 Å². The second kappa shape index (κ2) is 7.87. The third-order valence-electron chi connectivity index (χ3n) is 3.05. The van der Waals surface area contributed by atoms with Crippen LogP contribution in [0.3, 0.4) is 0 Å². The number of hydrogen-bond acceptors (Lipinski definition) is 3. The predicted molar refractivity (Wildman–Crippen MR) is 67.2 cm³/mol. The fraction of sp³-hybridized carbons (Fsp3) is 0.692. The molecule has 0 heterocycles. The summed E-state index contributed by atoms with van der Waals surface area (Å²) in [5, 5.41) is 11.4. The van der Waals surface area contributed by atoms with Gasteiger partial charge in [-0.3, -0.25) is 4.79 Å². The highest BCUT2D eigenvalue weighted by atomic mass is 16.5. The standard InChI is InChI=1S/C13H21NO4/c1-2-3-8-11(13(16)17)14-12(15)9-18-10-6-4-5-7-10/h2,10-11H,1,3-9H2,(H,14,15)(H,16,17). The van der Waals surface area contributed by atoms with E-state index < -0.39 is 12.0 Å².